The molecule has 1 aliphatic carbocycles. The molecule has 1 saturated carbocycles. The first-order chi connectivity index (χ1) is 5.63. The summed E-state index contributed by atoms with van der Waals surface area (Å²) in [7, 11) is 0. The van der Waals surface area contributed by atoms with Crippen molar-refractivity contribution in [3.63, 3.8) is 0 Å². The Balaban J connectivity index is 2.16. The molecule has 0 aromatic rings. The molecule has 1 aliphatic heterocycles. The summed E-state index contributed by atoms with van der Waals surface area (Å²) in [6, 6.07) is 0. The number of halogens is 1. The fraction of sp³-hybridized carbons (Fsp3) is 0.714. The third kappa shape index (κ3) is 0.820. The standard InChI is InChI=1S/C7H7ClO4/c8-4-5(9)3-2(7(10)11)1-12-6(3)4/h2-4,6H,1H2,(H,10,11)/t2?,3-,4+,6-/m0/s1. The average molecular weight is 191 g/mol. The lowest BCUT2D eigenvalue weighted by molar-refractivity contribution is -0.148. The molecule has 0 amide bonds. The molecule has 0 aromatic carbocycles. The van der Waals surface area contributed by atoms with Crippen LogP contribution in [0.3, 0.4) is 0 Å². The van der Waals surface area contributed by atoms with E-state index in [2.05, 4.69) is 0 Å². The topological polar surface area (TPSA) is 63.6 Å². The lowest BCUT2D eigenvalue weighted by atomic mass is 9.74. The zero-order chi connectivity index (χ0) is 8.88. The normalized spacial score (nSPS) is 45.2. The van der Waals surface area contributed by atoms with Gasteiger partial charge in [-0.2, -0.15) is 0 Å². The molecule has 1 saturated heterocycles. The molecule has 2 aliphatic rings. The van der Waals surface area contributed by atoms with E-state index in [0.29, 0.717) is 0 Å². The van der Waals surface area contributed by atoms with E-state index >= 15 is 0 Å². The Bertz CT molecular complexity index is 252. The van der Waals surface area contributed by atoms with E-state index in [0.717, 1.165) is 0 Å². The molecule has 0 bridgehead atoms. The number of carbonyl (C=O) groups is 2. The minimum atomic E-state index is -0.973. The van der Waals surface area contributed by atoms with Gasteiger partial charge in [-0.15, -0.1) is 11.6 Å². The van der Waals surface area contributed by atoms with Crippen LogP contribution in [0.2, 0.25) is 0 Å². The third-order valence-corrected chi connectivity index (χ3v) is 2.93. The highest BCUT2D eigenvalue weighted by atomic mass is 35.5. The van der Waals surface area contributed by atoms with Crippen LogP contribution in [-0.4, -0.2) is 34.9 Å². The molecule has 12 heavy (non-hydrogen) atoms. The smallest absolute Gasteiger partial charge is 0.309 e. The van der Waals surface area contributed by atoms with Crippen LogP contribution in [0.4, 0.5) is 0 Å². The zero-order valence-corrected chi connectivity index (χ0v) is 6.82. The summed E-state index contributed by atoms with van der Waals surface area (Å²) in [5.74, 6) is -2.34. The van der Waals surface area contributed by atoms with Gasteiger partial charge in [-0.3, -0.25) is 9.59 Å². The molecule has 4 nitrogen and oxygen atoms in total. The molecule has 4 atom stereocenters. The van der Waals surface area contributed by atoms with Crippen molar-refractivity contribution in [2.75, 3.05) is 6.61 Å². The summed E-state index contributed by atoms with van der Waals surface area (Å²) in [5.41, 5.74) is 0. The molecular formula is C7H7ClO4. The number of carboxylic acid groups (broad SMARTS) is 1. The summed E-state index contributed by atoms with van der Waals surface area (Å²) in [6.45, 7) is 0.111. The molecule has 2 rings (SSSR count). The number of rotatable bonds is 1. The highest BCUT2D eigenvalue weighted by molar-refractivity contribution is 6.35. The lowest BCUT2D eigenvalue weighted by Gasteiger charge is -2.33. The van der Waals surface area contributed by atoms with Gasteiger partial charge in [0.15, 0.2) is 5.78 Å². The number of alkyl halides is 1. The fourth-order valence-corrected chi connectivity index (χ4v) is 2.10. The minimum absolute atomic E-state index is 0.111. The van der Waals surface area contributed by atoms with E-state index in [1.54, 1.807) is 0 Å². The van der Waals surface area contributed by atoms with Crippen molar-refractivity contribution in [1.29, 1.82) is 0 Å². The Labute approximate surface area is 73.5 Å². The Hall–Kier alpha value is -0.610. The van der Waals surface area contributed by atoms with Gasteiger partial charge in [-0.1, -0.05) is 0 Å². The molecule has 5 heteroatoms. The Kier molecular flexibility index (Phi) is 1.63. The maximum absolute atomic E-state index is 11.1. The predicted octanol–water partition coefficient (Wildman–Crippen LogP) is -0.108. The lowest BCUT2D eigenvalue weighted by Crippen LogP contribution is -2.54. The van der Waals surface area contributed by atoms with E-state index in [4.69, 9.17) is 21.4 Å². The monoisotopic (exact) mass is 190 g/mol. The molecule has 66 valence electrons. The number of fused-ring (bicyclic) bond motifs is 1. The van der Waals surface area contributed by atoms with Gasteiger partial charge in [-0.05, 0) is 0 Å². The molecule has 1 unspecified atom stereocenters. The van der Waals surface area contributed by atoms with Crippen molar-refractivity contribution < 1.29 is 19.4 Å². The van der Waals surface area contributed by atoms with Crippen molar-refractivity contribution in [2.24, 2.45) is 11.8 Å². The molecule has 0 radical (unpaired) electrons. The van der Waals surface area contributed by atoms with Crippen LogP contribution in [0.15, 0.2) is 0 Å². The average Bonchev–Trinajstić information content (AvgIpc) is 2.43. The molecule has 2 fully saturated rings. The quantitative estimate of drug-likeness (QED) is 0.586. The van der Waals surface area contributed by atoms with Crippen LogP contribution in [0, 0.1) is 11.8 Å². The number of aliphatic carboxylic acids is 1. The van der Waals surface area contributed by atoms with E-state index < -0.39 is 23.2 Å². The summed E-state index contributed by atoms with van der Waals surface area (Å²) < 4.78 is 5.07. The van der Waals surface area contributed by atoms with Gasteiger partial charge in [0.2, 0.25) is 0 Å². The summed E-state index contributed by atoms with van der Waals surface area (Å²) >= 11 is 5.60. The van der Waals surface area contributed by atoms with Gasteiger partial charge in [-0.25, -0.2) is 0 Å². The number of ketones is 1. The van der Waals surface area contributed by atoms with E-state index in [1.807, 2.05) is 0 Å². The van der Waals surface area contributed by atoms with Crippen molar-refractivity contribution >= 4 is 23.4 Å². The third-order valence-electron chi connectivity index (χ3n) is 2.46. The Morgan fingerprint density at radius 1 is 1.67 bits per heavy atom. The van der Waals surface area contributed by atoms with E-state index in [9.17, 15) is 9.59 Å². The van der Waals surface area contributed by atoms with Gasteiger partial charge in [0, 0.05) is 0 Å². The number of carbonyl (C=O) groups excluding carboxylic acids is 1. The highest BCUT2D eigenvalue weighted by Gasteiger charge is 2.59. The number of hydrogen-bond acceptors (Lipinski definition) is 3. The fourth-order valence-electron chi connectivity index (χ4n) is 1.73. The minimum Gasteiger partial charge on any atom is -0.481 e. The molecular weight excluding hydrogens is 184 g/mol. The van der Waals surface area contributed by atoms with Gasteiger partial charge in [0.1, 0.15) is 5.38 Å². The Morgan fingerprint density at radius 3 is 2.92 bits per heavy atom. The first-order valence-corrected chi connectivity index (χ1v) is 4.09. The number of ether oxygens (including phenoxy) is 1. The second-order valence-electron chi connectivity index (χ2n) is 3.07. The maximum Gasteiger partial charge on any atom is 0.309 e. The highest BCUT2D eigenvalue weighted by Crippen LogP contribution is 2.42. The van der Waals surface area contributed by atoms with Crippen molar-refractivity contribution in [3.05, 3.63) is 0 Å². The first-order valence-electron chi connectivity index (χ1n) is 3.65. The zero-order valence-electron chi connectivity index (χ0n) is 6.07. The van der Waals surface area contributed by atoms with Crippen LogP contribution in [-0.2, 0) is 14.3 Å². The van der Waals surface area contributed by atoms with E-state index in [-0.39, 0.29) is 18.5 Å². The summed E-state index contributed by atoms with van der Waals surface area (Å²) in [6.07, 6.45) is -0.361. The molecule has 0 spiro atoms. The Morgan fingerprint density at radius 2 is 2.33 bits per heavy atom. The van der Waals surface area contributed by atoms with Crippen molar-refractivity contribution in [1.82, 2.24) is 0 Å². The molecule has 0 aromatic heterocycles. The summed E-state index contributed by atoms with van der Waals surface area (Å²) in [5, 5.41) is 8.04. The summed E-state index contributed by atoms with van der Waals surface area (Å²) in [4.78, 5) is 21.7. The van der Waals surface area contributed by atoms with Crippen molar-refractivity contribution in [2.45, 2.75) is 11.5 Å². The van der Waals surface area contributed by atoms with Gasteiger partial charge >= 0.3 is 5.97 Å². The van der Waals surface area contributed by atoms with Gasteiger partial charge in [0.05, 0.1) is 24.5 Å². The van der Waals surface area contributed by atoms with Gasteiger partial charge < -0.3 is 9.84 Å². The number of carboxylic acids is 1. The van der Waals surface area contributed by atoms with Gasteiger partial charge in [0.25, 0.3) is 0 Å². The van der Waals surface area contributed by atoms with Crippen LogP contribution >= 0.6 is 11.6 Å². The van der Waals surface area contributed by atoms with Crippen LogP contribution in [0.1, 0.15) is 0 Å². The van der Waals surface area contributed by atoms with Crippen LogP contribution < -0.4 is 0 Å². The predicted molar refractivity (Wildman–Crippen MR) is 39.0 cm³/mol. The maximum atomic E-state index is 11.1. The van der Waals surface area contributed by atoms with E-state index in [1.165, 1.54) is 0 Å². The second kappa shape index (κ2) is 2.44. The number of hydrogen-bond donors (Lipinski definition) is 1. The molecule has 1 N–H and O–H groups in total. The van der Waals surface area contributed by atoms with Crippen LogP contribution in [0.25, 0.3) is 0 Å². The number of Topliss-reactive ketones (excluding diaryl/α,β-unsaturated/α-hetero) is 1. The van der Waals surface area contributed by atoms with Crippen molar-refractivity contribution in [3.8, 4) is 0 Å². The largest absolute Gasteiger partial charge is 0.481 e. The molecule has 1 heterocycles. The van der Waals surface area contributed by atoms with Crippen LogP contribution in [0.5, 0.6) is 0 Å². The SMILES string of the molecule is O=C(O)C1CO[C@@H]2[C@H](Cl)C(=O)[C@H]12. The first kappa shape index (κ1) is 8.01. The second-order valence-corrected chi connectivity index (χ2v) is 3.54.